The summed E-state index contributed by atoms with van der Waals surface area (Å²) in [5.41, 5.74) is 4.16. The number of rotatable bonds is 6. The number of nitrogens with one attached hydrogen (secondary N) is 1. The van der Waals surface area contributed by atoms with Crippen molar-refractivity contribution in [1.29, 1.82) is 0 Å². The fourth-order valence-corrected chi connectivity index (χ4v) is 3.28. The number of anilines is 1. The van der Waals surface area contributed by atoms with Gasteiger partial charge in [-0.1, -0.05) is 12.1 Å². The minimum absolute atomic E-state index is 0.188. The number of aryl methyl sites for hydroxylation is 2. The molecule has 8 heteroatoms. The van der Waals surface area contributed by atoms with Gasteiger partial charge in [-0.3, -0.25) is 9.59 Å². The van der Waals surface area contributed by atoms with Gasteiger partial charge in [-0.15, -0.1) is 0 Å². The van der Waals surface area contributed by atoms with Crippen LogP contribution in [0.4, 0.5) is 5.69 Å². The van der Waals surface area contributed by atoms with Gasteiger partial charge in [-0.2, -0.15) is 10.2 Å². The molecule has 0 bridgehead atoms. The number of benzene rings is 2. The van der Waals surface area contributed by atoms with E-state index >= 15 is 0 Å². The Hall–Kier alpha value is -3.94. The Morgan fingerprint density at radius 1 is 1.10 bits per heavy atom. The number of carbonyl (C=O) groups excluding carboxylic acids is 1. The second-order valence-electron chi connectivity index (χ2n) is 7.28. The molecule has 0 saturated carbocycles. The fraction of sp³-hybridized carbons (Fsp3) is 0.217. The Bertz CT molecular complexity index is 1310. The minimum atomic E-state index is -0.386. The molecule has 0 spiro atoms. The van der Waals surface area contributed by atoms with Crippen LogP contribution in [-0.4, -0.2) is 31.9 Å². The van der Waals surface area contributed by atoms with Crippen molar-refractivity contribution in [3.63, 3.8) is 0 Å². The number of carbonyl (C=O) groups is 1. The molecule has 31 heavy (non-hydrogen) atoms. The van der Waals surface area contributed by atoms with Gasteiger partial charge in [0.05, 0.1) is 12.3 Å². The van der Waals surface area contributed by atoms with Crippen LogP contribution < -0.4 is 15.6 Å². The molecule has 0 aliphatic carbocycles. The topological polar surface area (TPSA) is 90.5 Å². The molecule has 0 fully saturated rings. The molecule has 1 amide bonds. The zero-order valence-electron chi connectivity index (χ0n) is 17.6. The summed E-state index contributed by atoms with van der Waals surface area (Å²) in [5, 5.41) is 11.4. The third kappa shape index (κ3) is 4.32. The molecule has 0 aliphatic heterocycles. The van der Waals surface area contributed by atoms with Crippen molar-refractivity contribution in [2.45, 2.75) is 27.3 Å². The maximum absolute atomic E-state index is 12.9. The average molecular weight is 417 g/mol. The van der Waals surface area contributed by atoms with E-state index in [0.29, 0.717) is 17.8 Å². The van der Waals surface area contributed by atoms with Crippen LogP contribution in [0.5, 0.6) is 5.75 Å². The van der Waals surface area contributed by atoms with E-state index < -0.39 is 0 Å². The van der Waals surface area contributed by atoms with E-state index in [2.05, 4.69) is 15.5 Å². The first-order valence-electron chi connectivity index (χ1n) is 10.0. The number of hydrogen-bond donors (Lipinski definition) is 1. The quantitative estimate of drug-likeness (QED) is 0.520. The predicted octanol–water partition coefficient (Wildman–Crippen LogP) is 3.21. The van der Waals surface area contributed by atoms with Gasteiger partial charge in [0, 0.05) is 11.3 Å². The molecular formula is C23H23N5O3. The summed E-state index contributed by atoms with van der Waals surface area (Å²) in [6.45, 7) is 6.20. The lowest BCUT2D eigenvalue weighted by atomic mass is 10.1. The van der Waals surface area contributed by atoms with E-state index in [1.54, 1.807) is 6.07 Å². The Balaban J connectivity index is 1.57. The van der Waals surface area contributed by atoms with Crippen LogP contribution in [0.1, 0.15) is 18.1 Å². The summed E-state index contributed by atoms with van der Waals surface area (Å²) in [5.74, 6) is 0.452. The molecule has 2 aromatic carbocycles. The van der Waals surface area contributed by atoms with Crippen molar-refractivity contribution < 1.29 is 9.53 Å². The van der Waals surface area contributed by atoms with Gasteiger partial charge in [0.1, 0.15) is 24.1 Å². The molecule has 1 N–H and O–H groups in total. The molecule has 4 aromatic rings. The largest absolute Gasteiger partial charge is 0.494 e. The van der Waals surface area contributed by atoms with Gasteiger partial charge < -0.3 is 10.1 Å². The predicted molar refractivity (Wildman–Crippen MR) is 118 cm³/mol. The molecule has 8 nitrogen and oxygen atoms in total. The van der Waals surface area contributed by atoms with Crippen molar-refractivity contribution in [2.24, 2.45) is 0 Å². The molecule has 0 unspecified atom stereocenters. The maximum atomic E-state index is 12.9. The van der Waals surface area contributed by atoms with Crippen LogP contribution >= 0.6 is 0 Å². The van der Waals surface area contributed by atoms with Gasteiger partial charge in [0.15, 0.2) is 0 Å². The third-order valence-corrected chi connectivity index (χ3v) is 4.91. The minimum Gasteiger partial charge on any atom is -0.494 e. The fourth-order valence-electron chi connectivity index (χ4n) is 3.28. The molecule has 0 atom stereocenters. The number of aromatic nitrogens is 4. The summed E-state index contributed by atoms with van der Waals surface area (Å²) < 4.78 is 8.02. The van der Waals surface area contributed by atoms with Crippen LogP contribution in [0.3, 0.4) is 0 Å². The van der Waals surface area contributed by atoms with Crippen molar-refractivity contribution in [3.8, 4) is 17.0 Å². The van der Waals surface area contributed by atoms with Crippen LogP contribution in [0.25, 0.3) is 16.8 Å². The van der Waals surface area contributed by atoms with E-state index in [1.807, 2.05) is 63.2 Å². The van der Waals surface area contributed by atoms with E-state index in [4.69, 9.17) is 4.74 Å². The summed E-state index contributed by atoms with van der Waals surface area (Å²) in [6.07, 6.45) is 1.43. The molecule has 0 radical (unpaired) electrons. The van der Waals surface area contributed by atoms with Crippen molar-refractivity contribution in [3.05, 3.63) is 76.3 Å². The molecular weight excluding hydrogens is 394 g/mol. The molecule has 2 heterocycles. The van der Waals surface area contributed by atoms with Crippen LogP contribution in [0.2, 0.25) is 0 Å². The van der Waals surface area contributed by atoms with E-state index in [9.17, 15) is 9.59 Å². The van der Waals surface area contributed by atoms with Gasteiger partial charge in [0.25, 0.3) is 5.56 Å². The average Bonchev–Trinajstić information content (AvgIpc) is 3.19. The van der Waals surface area contributed by atoms with Crippen molar-refractivity contribution >= 4 is 17.1 Å². The lowest BCUT2D eigenvalue weighted by molar-refractivity contribution is -0.117. The lowest BCUT2D eigenvalue weighted by Crippen LogP contribution is -2.30. The Labute approximate surface area is 179 Å². The van der Waals surface area contributed by atoms with Gasteiger partial charge in [-0.25, -0.2) is 9.20 Å². The second-order valence-corrected chi connectivity index (χ2v) is 7.28. The van der Waals surface area contributed by atoms with Crippen molar-refractivity contribution in [1.82, 2.24) is 19.4 Å². The first-order chi connectivity index (χ1) is 14.9. The molecule has 2 aromatic heterocycles. The van der Waals surface area contributed by atoms with Crippen molar-refractivity contribution in [2.75, 3.05) is 11.9 Å². The Morgan fingerprint density at radius 2 is 1.87 bits per heavy atom. The highest BCUT2D eigenvalue weighted by Crippen LogP contribution is 2.22. The zero-order chi connectivity index (χ0) is 22.0. The standard InChI is InChI=1S/C23H23N5O3/c1-4-31-18-9-7-17(8-10-18)20-12-21-23(30)27(24-14-28(21)26-20)13-22(29)25-19-11-15(2)5-6-16(19)3/h5-12,14H,4,13H2,1-3H3,(H,25,29). The number of ether oxygens (including phenoxy) is 1. The summed E-state index contributed by atoms with van der Waals surface area (Å²) >= 11 is 0. The Kier molecular flexibility index (Phi) is 5.53. The SMILES string of the molecule is CCOc1ccc(-c2cc3c(=O)n(CC(=O)Nc4cc(C)ccc4C)ncn3n2)cc1. The summed E-state index contributed by atoms with van der Waals surface area (Å²) in [4.78, 5) is 25.4. The van der Waals surface area contributed by atoms with E-state index in [0.717, 1.165) is 32.8 Å². The molecule has 0 saturated heterocycles. The third-order valence-electron chi connectivity index (χ3n) is 4.91. The van der Waals surface area contributed by atoms with E-state index in [1.165, 1.54) is 10.8 Å². The first-order valence-corrected chi connectivity index (χ1v) is 10.0. The van der Waals surface area contributed by atoms with Crippen LogP contribution in [-0.2, 0) is 11.3 Å². The Morgan fingerprint density at radius 3 is 2.61 bits per heavy atom. The van der Waals surface area contributed by atoms with Gasteiger partial charge in [-0.05, 0) is 68.3 Å². The number of fused-ring (bicyclic) bond motifs is 1. The highest BCUT2D eigenvalue weighted by molar-refractivity contribution is 5.91. The second kappa shape index (κ2) is 8.43. The monoisotopic (exact) mass is 417 g/mol. The normalized spacial score (nSPS) is 10.9. The molecule has 158 valence electrons. The van der Waals surface area contributed by atoms with E-state index in [-0.39, 0.29) is 18.0 Å². The number of amides is 1. The van der Waals surface area contributed by atoms with Crippen LogP contribution in [0.15, 0.2) is 59.7 Å². The molecule has 0 aliphatic rings. The highest BCUT2D eigenvalue weighted by Gasteiger charge is 2.13. The van der Waals surface area contributed by atoms with Gasteiger partial charge in [0.2, 0.25) is 5.91 Å². The highest BCUT2D eigenvalue weighted by atomic mass is 16.5. The molecule has 4 rings (SSSR count). The number of nitrogens with zero attached hydrogens (tertiary/aromatic N) is 4. The zero-order valence-corrected chi connectivity index (χ0v) is 17.6. The first kappa shape index (κ1) is 20.3. The smallest absolute Gasteiger partial charge is 0.293 e. The summed E-state index contributed by atoms with van der Waals surface area (Å²) in [6, 6.07) is 15.0. The summed E-state index contributed by atoms with van der Waals surface area (Å²) in [7, 11) is 0. The van der Waals surface area contributed by atoms with Gasteiger partial charge >= 0.3 is 0 Å². The maximum Gasteiger partial charge on any atom is 0.293 e. The lowest BCUT2D eigenvalue weighted by Gasteiger charge is -2.10. The van der Waals surface area contributed by atoms with Crippen LogP contribution in [0, 0.1) is 13.8 Å². The number of hydrogen-bond acceptors (Lipinski definition) is 5.